The smallest absolute Gasteiger partial charge is 0.308 e. The molecule has 0 aliphatic rings. The van der Waals surface area contributed by atoms with Gasteiger partial charge in [0.2, 0.25) is 0 Å². The summed E-state index contributed by atoms with van der Waals surface area (Å²) in [5.41, 5.74) is 3.59. The van der Waals surface area contributed by atoms with Crippen molar-refractivity contribution < 1.29 is 14.3 Å². The summed E-state index contributed by atoms with van der Waals surface area (Å²) in [5.74, 6) is -0.255. The van der Waals surface area contributed by atoms with Gasteiger partial charge < -0.3 is 4.74 Å². The molecule has 1 aromatic carbocycles. The molecule has 0 fully saturated rings. The Balaban J connectivity index is 1.92. The minimum atomic E-state index is -0.375. The highest BCUT2D eigenvalue weighted by atomic mass is 16.5. The van der Waals surface area contributed by atoms with Crippen LogP contribution in [0.3, 0.4) is 0 Å². The van der Waals surface area contributed by atoms with Crippen molar-refractivity contribution in [3.8, 4) is 5.75 Å². The van der Waals surface area contributed by atoms with E-state index in [4.69, 9.17) is 4.74 Å². The van der Waals surface area contributed by atoms with E-state index in [9.17, 15) is 9.59 Å². The largest absolute Gasteiger partial charge is 0.427 e. The molecule has 2 rings (SSSR count). The number of aromatic nitrogens is 1. The number of carbonyl (C=O) groups excluding carboxylic acids is 2. The second kappa shape index (κ2) is 6.95. The van der Waals surface area contributed by atoms with Crippen LogP contribution in [0.1, 0.15) is 22.8 Å². The summed E-state index contributed by atoms with van der Waals surface area (Å²) in [6.07, 6.45) is 4.54. The van der Waals surface area contributed by atoms with E-state index >= 15 is 0 Å². The normalized spacial score (nSPS) is 10.3. The van der Waals surface area contributed by atoms with Gasteiger partial charge in [-0.3, -0.25) is 14.6 Å². The predicted molar refractivity (Wildman–Crippen MR) is 77.0 cm³/mol. The molecule has 0 saturated carbocycles. The highest BCUT2D eigenvalue weighted by Crippen LogP contribution is 2.11. The average molecular weight is 283 g/mol. The Bertz CT molecular complexity index is 652. The van der Waals surface area contributed by atoms with Crippen LogP contribution in [0.5, 0.6) is 5.75 Å². The van der Waals surface area contributed by atoms with Crippen LogP contribution in [-0.4, -0.2) is 23.1 Å². The molecule has 0 atom stereocenters. The van der Waals surface area contributed by atoms with E-state index in [1.807, 2.05) is 0 Å². The van der Waals surface area contributed by atoms with E-state index in [1.54, 1.807) is 42.6 Å². The third-order valence-electron chi connectivity index (χ3n) is 2.45. The van der Waals surface area contributed by atoms with Gasteiger partial charge in [0.25, 0.3) is 5.91 Å². The van der Waals surface area contributed by atoms with Crippen LogP contribution in [-0.2, 0) is 4.79 Å². The van der Waals surface area contributed by atoms with Gasteiger partial charge in [-0.1, -0.05) is 0 Å². The van der Waals surface area contributed by atoms with E-state index in [1.165, 1.54) is 19.3 Å². The second-order valence-electron chi connectivity index (χ2n) is 4.10. The zero-order valence-corrected chi connectivity index (χ0v) is 11.3. The monoisotopic (exact) mass is 283 g/mol. The number of hydrogen-bond acceptors (Lipinski definition) is 5. The van der Waals surface area contributed by atoms with Gasteiger partial charge in [-0.15, -0.1) is 0 Å². The fourth-order valence-corrected chi connectivity index (χ4v) is 1.51. The maximum Gasteiger partial charge on any atom is 0.308 e. The van der Waals surface area contributed by atoms with Gasteiger partial charge in [0.15, 0.2) is 0 Å². The van der Waals surface area contributed by atoms with Gasteiger partial charge in [0.1, 0.15) is 5.75 Å². The molecule has 0 spiro atoms. The van der Waals surface area contributed by atoms with Crippen molar-refractivity contribution in [2.75, 3.05) is 0 Å². The topological polar surface area (TPSA) is 80.6 Å². The van der Waals surface area contributed by atoms with Crippen molar-refractivity contribution in [2.45, 2.75) is 6.92 Å². The van der Waals surface area contributed by atoms with E-state index < -0.39 is 0 Å². The number of nitrogens with zero attached hydrogens (tertiary/aromatic N) is 2. The van der Waals surface area contributed by atoms with Crippen LogP contribution in [0, 0.1) is 0 Å². The standard InChI is InChI=1S/C15H13N3O3/c1-11(19)21-14-6-4-12(5-7-14)9-17-18-15(20)13-3-2-8-16-10-13/h2-10H,1H3,(H,18,20)/b17-9+. The molecule has 0 aliphatic heterocycles. The van der Waals surface area contributed by atoms with Crippen LogP contribution in [0.4, 0.5) is 0 Å². The van der Waals surface area contributed by atoms with Crippen LogP contribution in [0.15, 0.2) is 53.9 Å². The van der Waals surface area contributed by atoms with Crippen molar-refractivity contribution >= 4 is 18.1 Å². The summed E-state index contributed by atoms with van der Waals surface area (Å²) in [4.78, 5) is 26.3. The van der Waals surface area contributed by atoms with Crippen LogP contribution in [0.2, 0.25) is 0 Å². The number of ether oxygens (including phenoxy) is 1. The number of hydrazone groups is 1. The molecular weight excluding hydrogens is 270 g/mol. The highest BCUT2D eigenvalue weighted by Gasteiger charge is 2.02. The van der Waals surface area contributed by atoms with Crippen molar-refractivity contribution in [3.63, 3.8) is 0 Å². The van der Waals surface area contributed by atoms with Crippen molar-refractivity contribution in [1.29, 1.82) is 0 Å². The Morgan fingerprint density at radius 2 is 2.00 bits per heavy atom. The number of amides is 1. The number of benzene rings is 1. The molecule has 0 unspecified atom stereocenters. The summed E-state index contributed by atoms with van der Waals surface area (Å²) in [6.45, 7) is 1.34. The predicted octanol–water partition coefficient (Wildman–Crippen LogP) is 1.77. The number of hydrogen-bond donors (Lipinski definition) is 1. The molecule has 0 radical (unpaired) electrons. The Morgan fingerprint density at radius 1 is 1.24 bits per heavy atom. The van der Waals surface area contributed by atoms with Gasteiger partial charge in [0, 0.05) is 19.3 Å². The second-order valence-corrected chi connectivity index (χ2v) is 4.10. The van der Waals surface area contributed by atoms with Gasteiger partial charge in [-0.2, -0.15) is 5.10 Å². The molecule has 1 heterocycles. The summed E-state index contributed by atoms with van der Waals surface area (Å²) in [5, 5.41) is 3.85. The first-order chi connectivity index (χ1) is 10.1. The third kappa shape index (κ3) is 4.54. The molecule has 6 nitrogen and oxygen atoms in total. The van der Waals surface area contributed by atoms with Gasteiger partial charge >= 0.3 is 5.97 Å². The zero-order valence-electron chi connectivity index (χ0n) is 11.3. The average Bonchev–Trinajstić information content (AvgIpc) is 2.49. The lowest BCUT2D eigenvalue weighted by molar-refractivity contribution is -0.131. The fraction of sp³-hybridized carbons (Fsp3) is 0.0667. The van der Waals surface area contributed by atoms with E-state index in [0.29, 0.717) is 11.3 Å². The van der Waals surface area contributed by atoms with Gasteiger partial charge in [-0.25, -0.2) is 5.43 Å². The minimum Gasteiger partial charge on any atom is -0.427 e. The number of esters is 1. The van der Waals surface area contributed by atoms with Crippen LogP contribution < -0.4 is 10.2 Å². The Hall–Kier alpha value is -3.02. The molecule has 106 valence electrons. The maximum absolute atomic E-state index is 11.7. The summed E-state index contributed by atoms with van der Waals surface area (Å²) >= 11 is 0. The molecule has 6 heteroatoms. The minimum absolute atomic E-state index is 0.337. The van der Waals surface area contributed by atoms with E-state index in [0.717, 1.165) is 5.56 Å². The first kappa shape index (κ1) is 14.4. The summed E-state index contributed by atoms with van der Waals surface area (Å²) < 4.78 is 4.91. The number of carbonyl (C=O) groups is 2. The molecule has 21 heavy (non-hydrogen) atoms. The first-order valence-corrected chi connectivity index (χ1v) is 6.17. The quantitative estimate of drug-likeness (QED) is 0.401. The highest BCUT2D eigenvalue weighted by molar-refractivity contribution is 5.94. The fourth-order valence-electron chi connectivity index (χ4n) is 1.51. The lowest BCUT2D eigenvalue weighted by Gasteiger charge is -2.01. The molecule has 0 aliphatic carbocycles. The SMILES string of the molecule is CC(=O)Oc1ccc(/C=N/NC(=O)c2cccnc2)cc1. The molecule has 1 amide bonds. The Labute approximate surface area is 121 Å². The van der Waals surface area contributed by atoms with Crippen molar-refractivity contribution in [2.24, 2.45) is 5.10 Å². The number of nitrogens with one attached hydrogen (secondary N) is 1. The zero-order chi connectivity index (χ0) is 15.1. The van der Waals surface area contributed by atoms with E-state index in [2.05, 4.69) is 15.5 Å². The third-order valence-corrected chi connectivity index (χ3v) is 2.45. The Kier molecular flexibility index (Phi) is 4.76. The van der Waals surface area contributed by atoms with Gasteiger partial charge in [-0.05, 0) is 42.0 Å². The molecule has 0 saturated heterocycles. The Morgan fingerprint density at radius 3 is 2.62 bits per heavy atom. The van der Waals surface area contributed by atoms with Crippen molar-refractivity contribution in [3.05, 3.63) is 59.9 Å². The summed E-state index contributed by atoms with van der Waals surface area (Å²) in [7, 11) is 0. The molecular formula is C15H13N3O3. The lowest BCUT2D eigenvalue weighted by Crippen LogP contribution is -2.17. The van der Waals surface area contributed by atoms with Crippen LogP contribution in [0.25, 0.3) is 0 Å². The molecule has 0 bridgehead atoms. The first-order valence-electron chi connectivity index (χ1n) is 6.17. The maximum atomic E-state index is 11.7. The van der Waals surface area contributed by atoms with Crippen molar-refractivity contribution in [1.82, 2.24) is 10.4 Å². The molecule has 2 aromatic rings. The van der Waals surface area contributed by atoms with Gasteiger partial charge in [0.05, 0.1) is 11.8 Å². The van der Waals surface area contributed by atoms with E-state index in [-0.39, 0.29) is 11.9 Å². The number of rotatable bonds is 4. The summed E-state index contributed by atoms with van der Waals surface area (Å²) in [6, 6.07) is 10.0. The molecule has 1 aromatic heterocycles. The molecule has 1 N–H and O–H groups in total. The number of pyridine rings is 1. The van der Waals surface area contributed by atoms with Crippen LogP contribution >= 0.6 is 0 Å². The lowest BCUT2D eigenvalue weighted by atomic mass is 10.2.